The molecule has 62 valence electrons. The van der Waals surface area contributed by atoms with Crippen molar-refractivity contribution < 1.29 is 5.11 Å². The van der Waals surface area contributed by atoms with Gasteiger partial charge < -0.3 is 5.11 Å². The van der Waals surface area contributed by atoms with E-state index in [0.29, 0.717) is 12.0 Å². The van der Waals surface area contributed by atoms with E-state index in [0.717, 1.165) is 17.8 Å². The number of hydrogen-bond donors (Lipinski definition) is 1. The fourth-order valence-electron chi connectivity index (χ4n) is 4.21. The minimum atomic E-state index is 0.436. The minimum absolute atomic E-state index is 0.436. The van der Waals surface area contributed by atoms with Crippen LogP contribution in [0.4, 0.5) is 0 Å². The average molecular weight is 152 g/mol. The first-order valence-corrected chi connectivity index (χ1v) is 4.97. The zero-order valence-electron chi connectivity index (χ0n) is 6.92. The summed E-state index contributed by atoms with van der Waals surface area (Å²) in [5, 5.41) is 9.31. The molecule has 0 heterocycles. The lowest BCUT2D eigenvalue weighted by Crippen LogP contribution is -2.45. The molecule has 1 nitrogen and oxygen atoms in total. The highest BCUT2D eigenvalue weighted by Crippen LogP contribution is 2.68. The van der Waals surface area contributed by atoms with Gasteiger partial charge in [0.25, 0.3) is 0 Å². The van der Waals surface area contributed by atoms with Crippen LogP contribution in [0.3, 0.4) is 0 Å². The van der Waals surface area contributed by atoms with Gasteiger partial charge in [0.15, 0.2) is 0 Å². The molecule has 0 amide bonds. The monoisotopic (exact) mass is 152 g/mol. The van der Waals surface area contributed by atoms with E-state index in [4.69, 9.17) is 0 Å². The Balaban J connectivity index is 1.92. The summed E-state index contributed by atoms with van der Waals surface area (Å²) in [6.45, 7) is 0.477. The van der Waals surface area contributed by atoms with E-state index < -0.39 is 0 Å². The van der Waals surface area contributed by atoms with Crippen LogP contribution in [0.2, 0.25) is 0 Å². The Bertz CT molecular complexity index is 189. The van der Waals surface area contributed by atoms with Crippen LogP contribution >= 0.6 is 0 Å². The highest BCUT2D eigenvalue weighted by Gasteiger charge is 2.62. The first-order valence-electron chi connectivity index (χ1n) is 4.97. The van der Waals surface area contributed by atoms with Crippen LogP contribution in [0.15, 0.2) is 0 Å². The van der Waals surface area contributed by atoms with Crippen LogP contribution in [-0.4, -0.2) is 11.7 Å². The van der Waals surface area contributed by atoms with Crippen molar-refractivity contribution in [1.82, 2.24) is 0 Å². The number of hydrogen-bond acceptors (Lipinski definition) is 1. The molecule has 0 aromatic carbocycles. The number of aliphatic hydroxyl groups is 1. The smallest absolute Gasteiger partial charge is 0.0490 e. The standard InChI is InChI=1S/C10H16O/c11-6-10-4-3-7-1-2-8(5-10)9(7)10/h7-9,11H,1-6H2. The van der Waals surface area contributed by atoms with Crippen LogP contribution in [-0.2, 0) is 0 Å². The van der Waals surface area contributed by atoms with Gasteiger partial charge in [0.05, 0.1) is 0 Å². The van der Waals surface area contributed by atoms with Crippen molar-refractivity contribution in [2.45, 2.75) is 32.1 Å². The topological polar surface area (TPSA) is 20.2 Å². The maximum absolute atomic E-state index is 9.31. The number of aliphatic hydroxyl groups excluding tert-OH is 1. The molecule has 1 N–H and O–H groups in total. The van der Waals surface area contributed by atoms with Gasteiger partial charge in [-0.1, -0.05) is 0 Å². The summed E-state index contributed by atoms with van der Waals surface area (Å²) in [6, 6.07) is 0. The predicted molar refractivity (Wildman–Crippen MR) is 43.1 cm³/mol. The molecule has 4 unspecified atom stereocenters. The molecule has 3 aliphatic carbocycles. The lowest BCUT2D eigenvalue weighted by Gasteiger charge is -2.49. The highest BCUT2D eigenvalue weighted by molar-refractivity contribution is 5.11. The second kappa shape index (κ2) is 1.82. The lowest BCUT2D eigenvalue weighted by atomic mass is 9.56. The number of rotatable bonds is 1. The third kappa shape index (κ3) is 0.581. The molecule has 3 rings (SSSR count). The van der Waals surface area contributed by atoms with Gasteiger partial charge in [0, 0.05) is 6.61 Å². The van der Waals surface area contributed by atoms with Gasteiger partial charge in [-0.05, 0) is 55.3 Å². The molecule has 0 bridgehead atoms. The van der Waals surface area contributed by atoms with E-state index in [1.54, 1.807) is 0 Å². The Morgan fingerprint density at radius 1 is 1.18 bits per heavy atom. The molecule has 3 aliphatic rings. The van der Waals surface area contributed by atoms with E-state index in [9.17, 15) is 5.11 Å². The summed E-state index contributed by atoms with van der Waals surface area (Å²) in [6.07, 6.45) is 7.04. The zero-order valence-corrected chi connectivity index (χ0v) is 6.92. The molecule has 3 saturated carbocycles. The lowest BCUT2D eigenvalue weighted by molar-refractivity contribution is -0.0517. The highest BCUT2D eigenvalue weighted by atomic mass is 16.3. The Hall–Kier alpha value is -0.0400. The third-order valence-electron chi connectivity index (χ3n) is 4.63. The Labute approximate surface area is 67.8 Å². The molecular formula is C10H16O. The van der Waals surface area contributed by atoms with Crippen molar-refractivity contribution in [2.75, 3.05) is 6.61 Å². The molecule has 3 fully saturated rings. The van der Waals surface area contributed by atoms with Crippen molar-refractivity contribution >= 4 is 0 Å². The Morgan fingerprint density at radius 3 is 2.82 bits per heavy atom. The third-order valence-corrected chi connectivity index (χ3v) is 4.63. The van der Waals surface area contributed by atoms with Gasteiger partial charge in [-0.15, -0.1) is 0 Å². The van der Waals surface area contributed by atoms with E-state index in [1.807, 2.05) is 0 Å². The van der Waals surface area contributed by atoms with Crippen LogP contribution in [0.25, 0.3) is 0 Å². The summed E-state index contributed by atoms with van der Waals surface area (Å²) >= 11 is 0. The molecular weight excluding hydrogens is 136 g/mol. The van der Waals surface area contributed by atoms with E-state index in [1.165, 1.54) is 32.1 Å². The van der Waals surface area contributed by atoms with Gasteiger partial charge in [-0.2, -0.15) is 0 Å². The summed E-state index contributed by atoms with van der Waals surface area (Å²) < 4.78 is 0. The van der Waals surface area contributed by atoms with Crippen molar-refractivity contribution in [2.24, 2.45) is 23.2 Å². The second-order valence-corrected chi connectivity index (χ2v) is 4.89. The molecule has 0 aliphatic heterocycles. The molecule has 0 aromatic rings. The van der Waals surface area contributed by atoms with Gasteiger partial charge in [-0.25, -0.2) is 0 Å². The molecule has 0 saturated heterocycles. The van der Waals surface area contributed by atoms with E-state index >= 15 is 0 Å². The minimum Gasteiger partial charge on any atom is -0.396 e. The first-order chi connectivity index (χ1) is 5.36. The molecule has 0 radical (unpaired) electrons. The quantitative estimate of drug-likeness (QED) is 0.607. The molecule has 0 aromatic heterocycles. The largest absolute Gasteiger partial charge is 0.396 e. The Morgan fingerprint density at radius 2 is 2.00 bits per heavy atom. The maximum Gasteiger partial charge on any atom is 0.0490 e. The van der Waals surface area contributed by atoms with Gasteiger partial charge in [0.2, 0.25) is 0 Å². The first kappa shape index (κ1) is 6.47. The molecule has 11 heavy (non-hydrogen) atoms. The second-order valence-electron chi connectivity index (χ2n) is 4.89. The van der Waals surface area contributed by atoms with E-state index in [-0.39, 0.29) is 0 Å². The fourth-order valence-corrected chi connectivity index (χ4v) is 4.21. The SMILES string of the molecule is OCC12CCC3CCC(C1)C32. The van der Waals surface area contributed by atoms with Crippen molar-refractivity contribution in [1.29, 1.82) is 0 Å². The maximum atomic E-state index is 9.31. The van der Waals surface area contributed by atoms with Crippen LogP contribution in [0.1, 0.15) is 32.1 Å². The van der Waals surface area contributed by atoms with E-state index in [2.05, 4.69) is 0 Å². The predicted octanol–water partition coefficient (Wildman–Crippen LogP) is 1.80. The van der Waals surface area contributed by atoms with Gasteiger partial charge in [0.1, 0.15) is 0 Å². The summed E-state index contributed by atoms with van der Waals surface area (Å²) in [7, 11) is 0. The fraction of sp³-hybridized carbons (Fsp3) is 1.00. The summed E-state index contributed by atoms with van der Waals surface area (Å²) in [5.74, 6) is 2.99. The Kier molecular flexibility index (Phi) is 1.07. The summed E-state index contributed by atoms with van der Waals surface area (Å²) in [5.41, 5.74) is 0.436. The van der Waals surface area contributed by atoms with Gasteiger partial charge >= 0.3 is 0 Å². The van der Waals surface area contributed by atoms with Crippen molar-refractivity contribution in [3.63, 3.8) is 0 Å². The molecule has 4 atom stereocenters. The van der Waals surface area contributed by atoms with Crippen LogP contribution < -0.4 is 0 Å². The molecule has 1 heteroatoms. The van der Waals surface area contributed by atoms with Crippen LogP contribution in [0.5, 0.6) is 0 Å². The van der Waals surface area contributed by atoms with Crippen molar-refractivity contribution in [3.05, 3.63) is 0 Å². The van der Waals surface area contributed by atoms with Crippen molar-refractivity contribution in [3.8, 4) is 0 Å². The summed E-state index contributed by atoms with van der Waals surface area (Å²) in [4.78, 5) is 0. The van der Waals surface area contributed by atoms with Crippen LogP contribution in [0, 0.1) is 23.2 Å². The average Bonchev–Trinajstić information content (AvgIpc) is 2.38. The zero-order chi connectivity index (χ0) is 7.47. The van der Waals surface area contributed by atoms with Gasteiger partial charge in [-0.3, -0.25) is 0 Å². The molecule has 0 spiro atoms. The normalized spacial score (nSPS) is 59.2.